The van der Waals surface area contributed by atoms with Gasteiger partial charge in [0.25, 0.3) is 0 Å². The summed E-state index contributed by atoms with van der Waals surface area (Å²) >= 11 is 0. The third-order valence-electron chi connectivity index (χ3n) is 3.41. The molecule has 0 saturated carbocycles. The minimum atomic E-state index is 0.446. The van der Waals surface area contributed by atoms with E-state index in [-0.39, 0.29) is 0 Å². The number of fused-ring (bicyclic) bond motifs is 1. The van der Waals surface area contributed by atoms with E-state index in [0.29, 0.717) is 6.04 Å². The Balaban J connectivity index is 1.85. The van der Waals surface area contributed by atoms with Gasteiger partial charge in [0.15, 0.2) is 0 Å². The molecule has 21 heavy (non-hydrogen) atoms. The molecule has 0 radical (unpaired) electrons. The summed E-state index contributed by atoms with van der Waals surface area (Å²) in [4.78, 5) is 0. The molecule has 3 aromatic rings. The lowest BCUT2D eigenvalue weighted by Crippen LogP contribution is -2.09. The Kier molecular flexibility index (Phi) is 3.78. The minimum Gasteiger partial charge on any atom is -0.383 e. The molecule has 2 heteroatoms. The van der Waals surface area contributed by atoms with E-state index >= 15 is 0 Å². The Morgan fingerprint density at radius 3 is 2.14 bits per heavy atom. The molecule has 0 amide bonds. The molecule has 0 unspecified atom stereocenters. The molecule has 3 aromatic carbocycles. The molecule has 0 bridgehead atoms. The summed E-state index contributed by atoms with van der Waals surface area (Å²) in [5, 5.41) is 9.39. The van der Waals surface area contributed by atoms with Crippen LogP contribution in [0.3, 0.4) is 0 Å². The Morgan fingerprint density at radius 1 is 0.714 bits per heavy atom. The van der Waals surface area contributed by atoms with Crippen molar-refractivity contribution >= 4 is 27.8 Å². The first-order valence-corrected chi connectivity index (χ1v) is 7.34. The van der Waals surface area contributed by atoms with Gasteiger partial charge >= 0.3 is 0 Å². The molecule has 0 aliphatic carbocycles. The molecule has 0 aliphatic heterocycles. The van der Waals surface area contributed by atoms with Crippen LogP contribution in [0.2, 0.25) is 0 Å². The van der Waals surface area contributed by atoms with Crippen molar-refractivity contribution in [2.45, 2.75) is 19.9 Å². The fourth-order valence-corrected chi connectivity index (χ4v) is 2.47. The van der Waals surface area contributed by atoms with Gasteiger partial charge in [0.1, 0.15) is 0 Å². The van der Waals surface area contributed by atoms with Crippen LogP contribution in [0.1, 0.15) is 13.8 Å². The Morgan fingerprint density at radius 2 is 1.38 bits per heavy atom. The van der Waals surface area contributed by atoms with Crippen molar-refractivity contribution in [2.24, 2.45) is 0 Å². The quantitative estimate of drug-likeness (QED) is 0.666. The maximum absolute atomic E-state index is 3.50. The Labute approximate surface area is 125 Å². The van der Waals surface area contributed by atoms with E-state index in [2.05, 4.69) is 91.2 Å². The molecule has 0 saturated heterocycles. The van der Waals surface area contributed by atoms with Crippen LogP contribution < -0.4 is 10.6 Å². The van der Waals surface area contributed by atoms with Crippen LogP contribution in [0.15, 0.2) is 66.7 Å². The summed E-state index contributed by atoms with van der Waals surface area (Å²) in [5.74, 6) is 0. The molecule has 3 rings (SSSR count). The van der Waals surface area contributed by atoms with Crippen molar-refractivity contribution in [2.75, 3.05) is 10.6 Å². The van der Waals surface area contributed by atoms with E-state index in [1.165, 1.54) is 10.8 Å². The van der Waals surface area contributed by atoms with E-state index < -0.39 is 0 Å². The highest BCUT2D eigenvalue weighted by Crippen LogP contribution is 2.26. The van der Waals surface area contributed by atoms with E-state index in [4.69, 9.17) is 0 Å². The van der Waals surface area contributed by atoms with E-state index in [0.717, 1.165) is 17.1 Å². The van der Waals surface area contributed by atoms with E-state index in [1.54, 1.807) is 0 Å². The number of rotatable bonds is 4. The summed E-state index contributed by atoms with van der Waals surface area (Å²) in [7, 11) is 0. The molecular formula is C19H20N2. The summed E-state index contributed by atoms with van der Waals surface area (Å²) in [6.07, 6.45) is 0. The maximum Gasteiger partial charge on any atom is 0.0463 e. The molecule has 0 atom stereocenters. The zero-order valence-electron chi connectivity index (χ0n) is 12.4. The molecule has 2 N–H and O–H groups in total. The lowest BCUT2D eigenvalue weighted by Gasteiger charge is -2.12. The smallest absolute Gasteiger partial charge is 0.0463 e. The summed E-state index contributed by atoms with van der Waals surface area (Å²) in [5.41, 5.74) is 3.38. The van der Waals surface area contributed by atoms with Gasteiger partial charge in [0.2, 0.25) is 0 Å². The van der Waals surface area contributed by atoms with Gasteiger partial charge in [0, 0.05) is 28.5 Å². The van der Waals surface area contributed by atoms with Gasteiger partial charge in [-0.3, -0.25) is 0 Å². The monoisotopic (exact) mass is 276 g/mol. The largest absolute Gasteiger partial charge is 0.383 e. The Bertz CT molecular complexity index is 725. The lowest BCUT2D eigenvalue weighted by atomic mass is 10.1. The molecule has 0 fully saturated rings. The zero-order chi connectivity index (χ0) is 14.7. The first-order valence-electron chi connectivity index (χ1n) is 7.34. The van der Waals surface area contributed by atoms with Gasteiger partial charge < -0.3 is 10.6 Å². The molecule has 2 nitrogen and oxygen atoms in total. The number of anilines is 3. The third kappa shape index (κ3) is 3.16. The Hall–Kier alpha value is -2.48. The normalized spacial score (nSPS) is 10.8. The maximum atomic E-state index is 3.50. The summed E-state index contributed by atoms with van der Waals surface area (Å²) in [6, 6.07) is 23.6. The minimum absolute atomic E-state index is 0.446. The van der Waals surface area contributed by atoms with Crippen molar-refractivity contribution in [1.29, 1.82) is 0 Å². The number of benzene rings is 3. The second-order valence-electron chi connectivity index (χ2n) is 5.53. The molecule has 0 heterocycles. The van der Waals surface area contributed by atoms with Crippen LogP contribution in [-0.2, 0) is 0 Å². The molecule has 106 valence electrons. The first kappa shape index (κ1) is 13.5. The van der Waals surface area contributed by atoms with Crippen molar-refractivity contribution in [1.82, 2.24) is 0 Å². The van der Waals surface area contributed by atoms with Crippen molar-refractivity contribution in [3.63, 3.8) is 0 Å². The molecule has 0 aliphatic rings. The van der Waals surface area contributed by atoms with Gasteiger partial charge in [-0.2, -0.15) is 0 Å². The fraction of sp³-hybridized carbons (Fsp3) is 0.158. The van der Waals surface area contributed by atoms with Crippen molar-refractivity contribution in [3.05, 3.63) is 66.7 Å². The van der Waals surface area contributed by atoms with Gasteiger partial charge in [-0.25, -0.2) is 0 Å². The van der Waals surface area contributed by atoms with Gasteiger partial charge in [0.05, 0.1) is 0 Å². The second kappa shape index (κ2) is 5.88. The SMILES string of the molecule is CC(C)Nc1ccc(Nc2cccc3ccccc23)cc1. The fourth-order valence-electron chi connectivity index (χ4n) is 2.47. The van der Waals surface area contributed by atoms with Gasteiger partial charge in [-0.1, -0.05) is 36.4 Å². The summed E-state index contributed by atoms with van der Waals surface area (Å²) < 4.78 is 0. The van der Waals surface area contributed by atoms with Crippen LogP contribution in [0.25, 0.3) is 10.8 Å². The molecule has 0 aromatic heterocycles. The predicted octanol–water partition coefficient (Wildman–Crippen LogP) is 5.40. The number of hydrogen-bond donors (Lipinski definition) is 2. The lowest BCUT2D eigenvalue weighted by molar-refractivity contribution is 0.900. The average Bonchev–Trinajstić information content (AvgIpc) is 2.49. The van der Waals surface area contributed by atoms with Crippen molar-refractivity contribution in [3.8, 4) is 0 Å². The van der Waals surface area contributed by atoms with E-state index in [9.17, 15) is 0 Å². The molecule has 0 spiro atoms. The van der Waals surface area contributed by atoms with Crippen LogP contribution in [0.4, 0.5) is 17.1 Å². The second-order valence-corrected chi connectivity index (χ2v) is 5.53. The van der Waals surface area contributed by atoms with Gasteiger partial charge in [-0.15, -0.1) is 0 Å². The zero-order valence-corrected chi connectivity index (χ0v) is 12.4. The van der Waals surface area contributed by atoms with Crippen LogP contribution in [0, 0.1) is 0 Å². The molecular weight excluding hydrogens is 256 g/mol. The summed E-state index contributed by atoms with van der Waals surface area (Å²) in [6.45, 7) is 4.28. The first-order chi connectivity index (χ1) is 10.2. The highest BCUT2D eigenvalue weighted by molar-refractivity contribution is 5.95. The van der Waals surface area contributed by atoms with Gasteiger partial charge in [-0.05, 0) is 49.6 Å². The van der Waals surface area contributed by atoms with Crippen LogP contribution in [-0.4, -0.2) is 6.04 Å². The van der Waals surface area contributed by atoms with E-state index in [1.807, 2.05) is 0 Å². The number of nitrogens with one attached hydrogen (secondary N) is 2. The highest BCUT2D eigenvalue weighted by Gasteiger charge is 2.01. The van der Waals surface area contributed by atoms with Crippen molar-refractivity contribution < 1.29 is 0 Å². The number of hydrogen-bond acceptors (Lipinski definition) is 2. The highest BCUT2D eigenvalue weighted by atomic mass is 14.9. The van der Waals surface area contributed by atoms with Crippen LogP contribution >= 0.6 is 0 Å². The topological polar surface area (TPSA) is 24.1 Å². The van der Waals surface area contributed by atoms with Crippen LogP contribution in [0.5, 0.6) is 0 Å². The average molecular weight is 276 g/mol. The standard InChI is InChI=1S/C19H20N2/c1-14(2)20-16-10-12-17(13-11-16)21-19-9-5-7-15-6-3-4-8-18(15)19/h3-14,20-21H,1-2H3. The third-order valence-corrected chi connectivity index (χ3v) is 3.41. The predicted molar refractivity (Wildman–Crippen MR) is 92.4 cm³/mol.